The van der Waals surface area contributed by atoms with E-state index in [-0.39, 0.29) is 21.0 Å². The molecule has 0 spiro atoms. The fourth-order valence-electron chi connectivity index (χ4n) is 2.74. The molecule has 3 aromatic rings. The van der Waals surface area contributed by atoms with Crippen LogP contribution in [-0.2, 0) is 29.4 Å². The summed E-state index contributed by atoms with van der Waals surface area (Å²) in [6, 6.07) is 1.46. The van der Waals surface area contributed by atoms with Crippen LogP contribution in [0.1, 0.15) is 18.4 Å². The Morgan fingerprint density at radius 1 is 1.14 bits per heavy atom. The highest BCUT2D eigenvalue weighted by molar-refractivity contribution is 5.87. The number of fused-ring (bicyclic) bond motifs is 1. The third-order valence-corrected chi connectivity index (χ3v) is 3.99. The monoisotopic (exact) mass is 418 g/mol. The van der Waals surface area contributed by atoms with Gasteiger partial charge in [-0.05, 0) is 6.07 Å². The van der Waals surface area contributed by atoms with E-state index in [0.717, 1.165) is 20.0 Å². The van der Waals surface area contributed by atoms with Crippen LogP contribution in [0.25, 0.3) is 16.7 Å². The average Bonchev–Trinajstić information content (AvgIpc) is 3.02. The van der Waals surface area contributed by atoms with Crippen LogP contribution in [0.15, 0.2) is 32.2 Å². The third-order valence-electron chi connectivity index (χ3n) is 3.99. The highest BCUT2D eigenvalue weighted by Gasteiger charge is 2.35. The molecule has 0 saturated carbocycles. The Morgan fingerprint density at radius 3 is 2.38 bits per heavy atom. The second kappa shape index (κ2) is 6.87. The van der Waals surface area contributed by atoms with Crippen LogP contribution in [0.2, 0.25) is 0 Å². The van der Waals surface area contributed by atoms with Crippen molar-refractivity contribution in [1.29, 1.82) is 0 Å². The van der Waals surface area contributed by atoms with Crippen molar-refractivity contribution in [2.24, 2.45) is 7.05 Å². The fourth-order valence-corrected chi connectivity index (χ4v) is 2.74. The molecule has 2 heterocycles. The zero-order valence-corrected chi connectivity index (χ0v) is 14.8. The molecule has 0 amide bonds. The van der Waals surface area contributed by atoms with Crippen molar-refractivity contribution in [1.82, 2.24) is 9.13 Å². The maximum Gasteiger partial charge on any atom is 0.431 e. The lowest BCUT2D eigenvalue weighted by atomic mass is 10.2. The number of aromatic nitrogens is 2. The molecule has 29 heavy (non-hydrogen) atoms. The van der Waals surface area contributed by atoms with Crippen LogP contribution in [-0.4, -0.2) is 15.1 Å². The summed E-state index contributed by atoms with van der Waals surface area (Å²) in [5.41, 5.74) is -5.88. The van der Waals surface area contributed by atoms with Crippen LogP contribution >= 0.6 is 0 Å². The van der Waals surface area contributed by atoms with E-state index < -0.39 is 64.0 Å². The first-order valence-corrected chi connectivity index (χ1v) is 7.86. The van der Waals surface area contributed by atoms with Gasteiger partial charge in [0.15, 0.2) is 17.2 Å². The standard InChI is InChI=1S/C17H11F5N2O5/c1-7(25)28-6-8-3-9-14(10(18)4-11(19)15(9)29-8)24-13(26)5-12(17(20,21)22)23(2)16(24)27/h3-5H,6H2,1-2H3. The number of rotatable bonds is 3. The van der Waals surface area contributed by atoms with Gasteiger partial charge in [-0.3, -0.25) is 14.2 Å². The van der Waals surface area contributed by atoms with E-state index in [0.29, 0.717) is 6.07 Å². The second-order valence-corrected chi connectivity index (χ2v) is 5.97. The lowest BCUT2D eigenvalue weighted by Gasteiger charge is -2.14. The van der Waals surface area contributed by atoms with Crippen LogP contribution in [0.3, 0.4) is 0 Å². The largest absolute Gasteiger partial charge is 0.458 e. The first-order valence-electron chi connectivity index (χ1n) is 7.86. The molecular weight excluding hydrogens is 407 g/mol. The van der Waals surface area contributed by atoms with Gasteiger partial charge in [-0.1, -0.05) is 0 Å². The molecule has 7 nitrogen and oxygen atoms in total. The zero-order chi connectivity index (χ0) is 21.7. The number of alkyl halides is 3. The van der Waals surface area contributed by atoms with E-state index >= 15 is 0 Å². The maximum absolute atomic E-state index is 14.5. The number of carbonyl (C=O) groups excluding carboxylic acids is 1. The quantitative estimate of drug-likeness (QED) is 0.483. The number of furan rings is 1. The summed E-state index contributed by atoms with van der Waals surface area (Å²) in [6.07, 6.45) is -5.00. The smallest absolute Gasteiger partial charge is 0.431 e. The SMILES string of the molecule is CC(=O)OCc1cc2c(-n3c(=O)cc(C(F)(F)F)n(C)c3=O)c(F)cc(F)c2o1. The molecule has 12 heteroatoms. The fraction of sp³-hybridized carbons (Fsp3) is 0.235. The van der Waals surface area contributed by atoms with E-state index in [2.05, 4.69) is 4.74 Å². The maximum atomic E-state index is 14.5. The number of halogens is 5. The van der Waals surface area contributed by atoms with Gasteiger partial charge in [0.05, 0.1) is 5.39 Å². The highest BCUT2D eigenvalue weighted by atomic mass is 19.4. The first kappa shape index (κ1) is 20.3. The number of carbonyl (C=O) groups is 1. The minimum absolute atomic E-state index is 0.121. The molecule has 0 aliphatic carbocycles. The molecule has 0 aliphatic rings. The van der Waals surface area contributed by atoms with Gasteiger partial charge in [0, 0.05) is 26.1 Å². The Labute approximate surface area is 157 Å². The molecule has 1 aromatic carbocycles. The molecule has 0 radical (unpaired) electrons. The molecule has 3 rings (SSSR count). The van der Waals surface area contributed by atoms with Crippen LogP contribution in [0.5, 0.6) is 0 Å². The molecule has 154 valence electrons. The number of benzene rings is 1. The Kier molecular flexibility index (Phi) is 4.81. The van der Waals surface area contributed by atoms with Crippen LogP contribution in [0, 0.1) is 11.6 Å². The van der Waals surface area contributed by atoms with Crippen molar-refractivity contribution in [2.45, 2.75) is 19.7 Å². The number of hydrogen-bond acceptors (Lipinski definition) is 5. The number of ether oxygens (including phenoxy) is 1. The van der Waals surface area contributed by atoms with E-state index in [1.165, 1.54) is 0 Å². The highest BCUT2D eigenvalue weighted by Crippen LogP contribution is 2.31. The Balaban J connectivity index is 2.33. The van der Waals surface area contributed by atoms with Gasteiger partial charge in [-0.2, -0.15) is 13.2 Å². The molecule has 0 unspecified atom stereocenters. The van der Waals surface area contributed by atoms with E-state index in [1.807, 2.05) is 0 Å². The van der Waals surface area contributed by atoms with E-state index in [9.17, 15) is 36.3 Å². The molecule has 2 aromatic heterocycles. The molecular formula is C17H11F5N2O5. The van der Waals surface area contributed by atoms with Crippen molar-refractivity contribution in [2.75, 3.05) is 0 Å². The molecule has 0 saturated heterocycles. The summed E-state index contributed by atoms with van der Waals surface area (Å²) in [6.45, 7) is 0.643. The third kappa shape index (κ3) is 3.52. The van der Waals surface area contributed by atoms with Crippen molar-refractivity contribution in [3.63, 3.8) is 0 Å². The van der Waals surface area contributed by atoms with Gasteiger partial charge in [0.2, 0.25) is 0 Å². The molecule has 0 bridgehead atoms. The van der Waals surface area contributed by atoms with Crippen molar-refractivity contribution >= 4 is 16.9 Å². The number of hydrogen-bond donors (Lipinski definition) is 0. The Morgan fingerprint density at radius 2 is 1.79 bits per heavy atom. The lowest BCUT2D eigenvalue weighted by Crippen LogP contribution is -2.41. The lowest BCUT2D eigenvalue weighted by molar-refractivity contribution is -0.144. The molecule has 0 fully saturated rings. The normalized spacial score (nSPS) is 11.8. The Bertz CT molecular complexity index is 1250. The van der Waals surface area contributed by atoms with Crippen LogP contribution < -0.4 is 11.2 Å². The minimum Gasteiger partial charge on any atom is -0.458 e. The first-order chi connectivity index (χ1) is 13.4. The zero-order valence-electron chi connectivity index (χ0n) is 14.8. The molecule has 0 atom stereocenters. The Hall–Kier alpha value is -3.44. The van der Waals surface area contributed by atoms with Gasteiger partial charge in [0.1, 0.15) is 23.7 Å². The second-order valence-electron chi connectivity index (χ2n) is 5.97. The summed E-state index contributed by atoms with van der Waals surface area (Å²) in [7, 11) is 0.751. The van der Waals surface area contributed by atoms with Gasteiger partial charge < -0.3 is 9.15 Å². The summed E-state index contributed by atoms with van der Waals surface area (Å²) in [4.78, 5) is 35.6. The summed E-state index contributed by atoms with van der Waals surface area (Å²) in [5.74, 6) is -3.40. The van der Waals surface area contributed by atoms with Gasteiger partial charge in [-0.25, -0.2) is 18.1 Å². The van der Waals surface area contributed by atoms with E-state index in [1.54, 1.807) is 0 Å². The number of esters is 1. The average molecular weight is 418 g/mol. The van der Waals surface area contributed by atoms with Gasteiger partial charge in [-0.15, -0.1) is 0 Å². The van der Waals surface area contributed by atoms with E-state index in [4.69, 9.17) is 4.42 Å². The summed E-state index contributed by atoms with van der Waals surface area (Å²) in [5, 5.41) is -0.399. The minimum atomic E-state index is -5.00. The predicted octanol–water partition coefficient (Wildman–Crippen LogP) is 2.64. The van der Waals surface area contributed by atoms with Gasteiger partial charge >= 0.3 is 17.8 Å². The summed E-state index contributed by atoms with van der Waals surface area (Å²) >= 11 is 0. The molecule has 0 N–H and O–H groups in total. The summed E-state index contributed by atoms with van der Waals surface area (Å²) < 4.78 is 77.7. The van der Waals surface area contributed by atoms with Crippen molar-refractivity contribution < 1.29 is 35.9 Å². The topological polar surface area (TPSA) is 83.4 Å². The number of nitrogens with zero attached hydrogens (tertiary/aromatic N) is 2. The van der Waals surface area contributed by atoms with Crippen molar-refractivity contribution in [3.8, 4) is 5.69 Å². The predicted molar refractivity (Wildman–Crippen MR) is 87.4 cm³/mol. The molecule has 0 aliphatic heterocycles. The van der Waals surface area contributed by atoms with Crippen LogP contribution in [0.4, 0.5) is 22.0 Å². The van der Waals surface area contributed by atoms with Gasteiger partial charge in [0.25, 0.3) is 5.56 Å². The van der Waals surface area contributed by atoms with Crippen molar-refractivity contribution in [3.05, 3.63) is 62.1 Å².